The fraction of sp³-hybridized carbons (Fsp3) is 0.0357. The number of hydrogen-bond acceptors (Lipinski definition) is 2. The Kier molecular flexibility index (Phi) is 3.72. The number of furan rings is 1. The molecule has 30 heavy (non-hydrogen) atoms. The molecule has 0 amide bonds. The summed E-state index contributed by atoms with van der Waals surface area (Å²) in [5.74, 6) is 0.907. The molecule has 6 aromatic rings. The Balaban J connectivity index is 1.70. The van der Waals surface area contributed by atoms with Gasteiger partial charge in [0.1, 0.15) is 11.5 Å². The zero-order valence-electron chi connectivity index (χ0n) is 16.6. The van der Waals surface area contributed by atoms with E-state index in [0.29, 0.717) is 0 Å². The number of aromatic nitrogens is 1. The maximum absolute atomic E-state index is 6.47. The average molecular weight is 385 g/mol. The van der Waals surface area contributed by atoms with Crippen molar-refractivity contribution in [1.29, 1.82) is 0 Å². The zero-order valence-corrected chi connectivity index (χ0v) is 16.6. The van der Waals surface area contributed by atoms with Crippen LogP contribution in [0.15, 0.2) is 102 Å². The number of fused-ring (bicyclic) bond motifs is 4. The quantitative estimate of drug-likeness (QED) is 0.284. The third kappa shape index (κ3) is 2.47. The van der Waals surface area contributed by atoms with Crippen molar-refractivity contribution >= 4 is 32.5 Å². The molecule has 0 fully saturated rings. The molecule has 0 aliphatic carbocycles. The van der Waals surface area contributed by atoms with Gasteiger partial charge in [-0.3, -0.25) is 4.98 Å². The lowest BCUT2D eigenvalue weighted by Crippen LogP contribution is -1.88. The SMILES string of the molecule is Cc1c(-c2ccccc2)oc2c(-c3cc4ccccc4c4ccccc34)nccc12. The molecule has 0 aliphatic rings. The van der Waals surface area contributed by atoms with Crippen LogP contribution in [-0.4, -0.2) is 4.98 Å². The second kappa shape index (κ2) is 6.57. The third-order valence-corrected chi connectivity index (χ3v) is 5.91. The predicted molar refractivity (Wildman–Crippen MR) is 125 cm³/mol. The summed E-state index contributed by atoms with van der Waals surface area (Å²) in [6, 6.07) is 31.6. The van der Waals surface area contributed by atoms with Gasteiger partial charge in [0.25, 0.3) is 0 Å². The molecule has 0 aliphatic heterocycles. The largest absolute Gasteiger partial charge is 0.453 e. The van der Waals surface area contributed by atoms with Crippen LogP contribution in [0.4, 0.5) is 0 Å². The summed E-state index contributed by atoms with van der Waals surface area (Å²) >= 11 is 0. The van der Waals surface area contributed by atoms with E-state index >= 15 is 0 Å². The van der Waals surface area contributed by atoms with Crippen molar-refractivity contribution in [2.75, 3.05) is 0 Å². The summed E-state index contributed by atoms with van der Waals surface area (Å²) in [6.45, 7) is 2.12. The molecule has 2 nitrogen and oxygen atoms in total. The lowest BCUT2D eigenvalue weighted by Gasteiger charge is -2.10. The smallest absolute Gasteiger partial charge is 0.161 e. The van der Waals surface area contributed by atoms with E-state index in [2.05, 4.69) is 73.7 Å². The lowest BCUT2D eigenvalue weighted by molar-refractivity contribution is 0.629. The first-order chi connectivity index (χ1) is 14.8. The van der Waals surface area contributed by atoms with E-state index in [4.69, 9.17) is 9.40 Å². The van der Waals surface area contributed by atoms with Gasteiger partial charge in [-0.2, -0.15) is 0 Å². The highest BCUT2D eigenvalue weighted by Crippen LogP contribution is 2.40. The molecule has 2 heteroatoms. The fourth-order valence-corrected chi connectivity index (χ4v) is 4.45. The van der Waals surface area contributed by atoms with Gasteiger partial charge in [0.15, 0.2) is 5.58 Å². The van der Waals surface area contributed by atoms with Gasteiger partial charge in [-0.05, 0) is 40.6 Å². The molecule has 2 aromatic heterocycles. The monoisotopic (exact) mass is 385 g/mol. The van der Waals surface area contributed by atoms with Crippen molar-refractivity contribution < 1.29 is 4.42 Å². The van der Waals surface area contributed by atoms with Crippen LogP contribution in [0.2, 0.25) is 0 Å². The Hall–Kier alpha value is -3.91. The Morgan fingerprint density at radius 2 is 1.37 bits per heavy atom. The molecule has 142 valence electrons. The van der Waals surface area contributed by atoms with Crippen LogP contribution in [0.1, 0.15) is 5.56 Å². The van der Waals surface area contributed by atoms with Gasteiger partial charge < -0.3 is 4.42 Å². The van der Waals surface area contributed by atoms with Crippen molar-refractivity contribution in [2.24, 2.45) is 0 Å². The zero-order chi connectivity index (χ0) is 20.1. The van der Waals surface area contributed by atoms with E-state index in [-0.39, 0.29) is 0 Å². The molecule has 0 bridgehead atoms. The minimum Gasteiger partial charge on any atom is -0.453 e. The predicted octanol–water partition coefficient (Wildman–Crippen LogP) is 7.78. The minimum atomic E-state index is 0.842. The molecule has 0 atom stereocenters. The number of aryl methyl sites for hydroxylation is 1. The van der Waals surface area contributed by atoms with Gasteiger partial charge in [-0.1, -0.05) is 78.9 Å². The van der Waals surface area contributed by atoms with E-state index in [1.807, 2.05) is 30.5 Å². The Bertz CT molecular complexity index is 1540. The van der Waals surface area contributed by atoms with Crippen LogP contribution in [0, 0.1) is 6.92 Å². The van der Waals surface area contributed by atoms with E-state index in [9.17, 15) is 0 Å². The first-order valence-corrected chi connectivity index (χ1v) is 10.2. The topological polar surface area (TPSA) is 26.0 Å². The number of hydrogen-bond donors (Lipinski definition) is 0. The molecule has 0 spiro atoms. The van der Waals surface area contributed by atoms with Crippen LogP contribution in [0.25, 0.3) is 55.1 Å². The van der Waals surface area contributed by atoms with Crippen LogP contribution in [-0.2, 0) is 0 Å². The van der Waals surface area contributed by atoms with Gasteiger partial charge in [-0.15, -0.1) is 0 Å². The summed E-state index contributed by atoms with van der Waals surface area (Å²) < 4.78 is 6.47. The summed E-state index contributed by atoms with van der Waals surface area (Å²) in [7, 11) is 0. The third-order valence-electron chi connectivity index (χ3n) is 5.91. The first kappa shape index (κ1) is 17.0. The van der Waals surface area contributed by atoms with Gasteiger partial charge in [0.2, 0.25) is 0 Å². The molecule has 2 heterocycles. The Labute approximate surface area is 174 Å². The van der Waals surface area contributed by atoms with Gasteiger partial charge in [-0.25, -0.2) is 0 Å². The molecule has 0 radical (unpaired) electrons. The van der Waals surface area contributed by atoms with Crippen LogP contribution in [0.5, 0.6) is 0 Å². The van der Waals surface area contributed by atoms with Gasteiger partial charge in [0, 0.05) is 28.3 Å². The van der Waals surface area contributed by atoms with E-state index < -0.39 is 0 Å². The molecule has 0 saturated carbocycles. The number of pyridine rings is 1. The highest BCUT2D eigenvalue weighted by Gasteiger charge is 2.18. The van der Waals surface area contributed by atoms with Crippen molar-refractivity contribution in [3.63, 3.8) is 0 Å². The maximum Gasteiger partial charge on any atom is 0.161 e. The summed E-state index contributed by atoms with van der Waals surface area (Å²) in [6.07, 6.45) is 1.89. The standard InChI is InChI=1S/C28H19NO/c1-18-21-15-16-29-26(28(21)30-27(18)19-9-3-2-4-10-19)25-17-20-11-5-6-12-22(20)23-13-7-8-14-24(23)25/h2-17H,1H3. The number of nitrogens with zero attached hydrogens (tertiary/aromatic N) is 1. The molecule has 0 N–H and O–H groups in total. The molecular weight excluding hydrogens is 366 g/mol. The highest BCUT2D eigenvalue weighted by atomic mass is 16.3. The van der Waals surface area contributed by atoms with Crippen LogP contribution >= 0.6 is 0 Å². The van der Waals surface area contributed by atoms with Gasteiger partial charge >= 0.3 is 0 Å². The summed E-state index contributed by atoms with van der Waals surface area (Å²) in [5, 5.41) is 5.99. The Morgan fingerprint density at radius 1 is 0.667 bits per heavy atom. The fourth-order valence-electron chi connectivity index (χ4n) is 4.45. The van der Waals surface area contributed by atoms with E-state index in [1.165, 1.54) is 21.5 Å². The normalized spacial score (nSPS) is 11.5. The average Bonchev–Trinajstić information content (AvgIpc) is 3.16. The van der Waals surface area contributed by atoms with E-state index in [1.54, 1.807) is 0 Å². The maximum atomic E-state index is 6.47. The molecule has 0 unspecified atom stereocenters. The summed E-state index contributed by atoms with van der Waals surface area (Å²) in [4.78, 5) is 4.79. The van der Waals surface area contributed by atoms with Crippen molar-refractivity contribution in [3.8, 4) is 22.6 Å². The van der Waals surface area contributed by atoms with Crippen molar-refractivity contribution in [3.05, 3.63) is 103 Å². The van der Waals surface area contributed by atoms with Crippen LogP contribution in [0.3, 0.4) is 0 Å². The van der Waals surface area contributed by atoms with Gasteiger partial charge in [0.05, 0.1) is 0 Å². The summed E-state index contributed by atoms with van der Waals surface area (Å²) in [5.41, 5.74) is 5.06. The second-order valence-corrected chi connectivity index (χ2v) is 7.65. The lowest BCUT2D eigenvalue weighted by atomic mass is 9.95. The molecule has 4 aromatic carbocycles. The minimum absolute atomic E-state index is 0.842. The first-order valence-electron chi connectivity index (χ1n) is 10.2. The van der Waals surface area contributed by atoms with Crippen molar-refractivity contribution in [1.82, 2.24) is 4.98 Å². The second-order valence-electron chi connectivity index (χ2n) is 7.65. The number of benzene rings is 4. The molecule has 0 saturated heterocycles. The highest BCUT2D eigenvalue weighted by molar-refractivity contribution is 6.15. The number of rotatable bonds is 2. The van der Waals surface area contributed by atoms with E-state index in [0.717, 1.165) is 39.1 Å². The molecule has 6 rings (SSSR count). The Morgan fingerprint density at radius 3 is 2.20 bits per heavy atom. The van der Waals surface area contributed by atoms with Crippen LogP contribution < -0.4 is 0 Å². The van der Waals surface area contributed by atoms with Crippen molar-refractivity contribution in [2.45, 2.75) is 6.92 Å². The molecular formula is C28H19NO.